The number of anilines is 1. The first-order valence-electron chi connectivity index (χ1n) is 6.43. The minimum Gasteiger partial charge on any atom is -0.399 e. The molecule has 1 fully saturated rings. The van der Waals surface area contributed by atoms with E-state index in [1.54, 1.807) is 12.1 Å². The third-order valence-electron chi connectivity index (χ3n) is 3.45. The molecule has 1 aromatic rings. The normalized spacial score (nSPS) is 21.1. The lowest BCUT2D eigenvalue weighted by molar-refractivity contribution is -0.119. The van der Waals surface area contributed by atoms with Gasteiger partial charge in [0.2, 0.25) is 5.91 Å². The van der Waals surface area contributed by atoms with Gasteiger partial charge in [-0.2, -0.15) is 0 Å². The average Bonchev–Trinajstić information content (AvgIpc) is 2.71. The Morgan fingerprint density at radius 2 is 1.95 bits per heavy atom. The molecule has 0 spiro atoms. The van der Waals surface area contributed by atoms with Crippen LogP contribution in [0, 0.1) is 0 Å². The molecule has 110 valence electrons. The molecule has 7 heteroatoms. The third kappa shape index (κ3) is 3.94. The second-order valence-corrected chi connectivity index (χ2v) is 7.40. The lowest BCUT2D eigenvalue weighted by Gasteiger charge is -2.26. The van der Waals surface area contributed by atoms with Crippen LogP contribution in [0.5, 0.6) is 0 Å². The van der Waals surface area contributed by atoms with Crippen molar-refractivity contribution in [3.05, 3.63) is 29.8 Å². The van der Waals surface area contributed by atoms with Crippen LogP contribution in [0.15, 0.2) is 24.3 Å². The Labute approximate surface area is 118 Å². The van der Waals surface area contributed by atoms with Crippen molar-refractivity contribution in [2.75, 3.05) is 23.8 Å². The van der Waals surface area contributed by atoms with Gasteiger partial charge < -0.3 is 11.5 Å². The quantitative estimate of drug-likeness (QED) is 0.728. The lowest BCUT2D eigenvalue weighted by atomic mass is 10.1. The third-order valence-corrected chi connectivity index (χ3v) is 5.20. The number of carbonyl (C=O) groups excluding carboxylic acids is 1. The van der Waals surface area contributed by atoms with E-state index in [1.807, 2.05) is 17.0 Å². The number of amides is 1. The molecule has 0 aromatic heterocycles. The fraction of sp³-hybridized carbons (Fsp3) is 0.462. The minimum atomic E-state index is -2.99. The molecule has 0 bridgehead atoms. The smallest absolute Gasteiger partial charge is 0.231 e. The summed E-state index contributed by atoms with van der Waals surface area (Å²) >= 11 is 0. The molecule has 1 amide bonds. The summed E-state index contributed by atoms with van der Waals surface area (Å²) in [5, 5.41) is 0. The van der Waals surface area contributed by atoms with Crippen molar-refractivity contribution < 1.29 is 13.2 Å². The van der Waals surface area contributed by atoms with Crippen LogP contribution in [0.2, 0.25) is 0 Å². The number of sulfone groups is 1. The van der Waals surface area contributed by atoms with Crippen molar-refractivity contribution in [3.8, 4) is 0 Å². The van der Waals surface area contributed by atoms with Crippen molar-refractivity contribution in [3.63, 3.8) is 0 Å². The number of hydrogen-bond acceptors (Lipinski definition) is 5. The summed E-state index contributed by atoms with van der Waals surface area (Å²) < 4.78 is 23.1. The topological polar surface area (TPSA) is 106 Å². The number of nitrogen functional groups attached to an aromatic ring is 1. The van der Waals surface area contributed by atoms with E-state index in [1.165, 1.54) is 0 Å². The molecule has 0 saturated carbocycles. The van der Waals surface area contributed by atoms with Gasteiger partial charge in [-0.3, -0.25) is 9.69 Å². The Morgan fingerprint density at radius 3 is 2.45 bits per heavy atom. The summed E-state index contributed by atoms with van der Waals surface area (Å²) in [5.74, 6) is -0.186. The first kappa shape index (κ1) is 14.8. The van der Waals surface area contributed by atoms with Crippen molar-refractivity contribution in [2.24, 2.45) is 5.73 Å². The molecule has 1 aromatic carbocycles. The van der Waals surface area contributed by atoms with Crippen LogP contribution in [0.1, 0.15) is 12.0 Å². The largest absolute Gasteiger partial charge is 0.399 e. The molecular weight excluding hydrogens is 278 g/mol. The van der Waals surface area contributed by atoms with Crippen molar-refractivity contribution in [1.82, 2.24) is 4.90 Å². The second-order valence-electron chi connectivity index (χ2n) is 5.17. The van der Waals surface area contributed by atoms with E-state index in [4.69, 9.17) is 11.5 Å². The highest BCUT2D eigenvalue weighted by Crippen LogP contribution is 2.20. The van der Waals surface area contributed by atoms with E-state index in [9.17, 15) is 13.2 Å². The van der Waals surface area contributed by atoms with Gasteiger partial charge in [0.05, 0.1) is 18.1 Å². The van der Waals surface area contributed by atoms with E-state index in [2.05, 4.69) is 0 Å². The number of hydrogen-bond donors (Lipinski definition) is 2. The molecule has 4 N–H and O–H groups in total. The first-order valence-corrected chi connectivity index (χ1v) is 8.25. The van der Waals surface area contributed by atoms with Gasteiger partial charge in [-0.1, -0.05) is 12.1 Å². The zero-order chi connectivity index (χ0) is 14.8. The summed E-state index contributed by atoms with van der Waals surface area (Å²) in [7, 11) is -2.99. The van der Waals surface area contributed by atoms with Crippen LogP contribution in [0.25, 0.3) is 0 Å². The number of primary amides is 1. The summed E-state index contributed by atoms with van der Waals surface area (Å²) in [6.45, 7) is 0.550. The zero-order valence-corrected chi connectivity index (χ0v) is 12.0. The molecular formula is C13H19N3O3S. The minimum absolute atomic E-state index is 0.0601. The van der Waals surface area contributed by atoms with E-state index >= 15 is 0 Å². The van der Waals surface area contributed by atoms with Crippen molar-refractivity contribution >= 4 is 21.4 Å². The molecule has 1 aliphatic heterocycles. The molecule has 1 unspecified atom stereocenters. The van der Waals surface area contributed by atoms with Crippen LogP contribution in [0.4, 0.5) is 5.69 Å². The molecule has 1 atom stereocenters. The molecule has 20 heavy (non-hydrogen) atoms. The summed E-state index contributed by atoms with van der Waals surface area (Å²) in [6, 6.07) is 7.15. The van der Waals surface area contributed by atoms with Gasteiger partial charge in [-0.15, -0.1) is 0 Å². The van der Waals surface area contributed by atoms with Gasteiger partial charge in [-0.25, -0.2) is 8.42 Å². The highest BCUT2D eigenvalue weighted by molar-refractivity contribution is 7.91. The van der Waals surface area contributed by atoms with Crippen LogP contribution in [-0.4, -0.2) is 43.3 Å². The molecule has 0 aliphatic carbocycles. The lowest BCUT2D eigenvalue weighted by Crippen LogP contribution is -2.41. The highest BCUT2D eigenvalue weighted by atomic mass is 32.2. The van der Waals surface area contributed by atoms with Gasteiger partial charge in [-0.05, 0) is 24.1 Å². The SMILES string of the molecule is NC(=O)CN(Cc1ccc(N)cc1)C1CCS(=O)(=O)C1. The monoisotopic (exact) mass is 297 g/mol. The Morgan fingerprint density at radius 1 is 1.30 bits per heavy atom. The van der Waals surface area contributed by atoms with Gasteiger partial charge in [0.25, 0.3) is 0 Å². The van der Waals surface area contributed by atoms with Crippen LogP contribution >= 0.6 is 0 Å². The van der Waals surface area contributed by atoms with Crippen LogP contribution in [-0.2, 0) is 21.2 Å². The number of rotatable bonds is 5. The molecule has 1 heterocycles. The summed E-state index contributed by atoms with van der Waals surface area (Å²) in [5.41, 5.74) is 12.5. The van der Waals surface area contributed by atoms with Crippen molar-refractivity contribution in [2.45, 2.75) is 19.0 Å². The Hall–Kier alpha value is -1.60. The maximum atomic E-state index is 11.6. The fourth-order valence-electron chi connectivity index (χ4n) is 2.44. The molecule has 1 aliphatic rings. The Bertz CT molecular complexity index is 583. The summed E-state index contributed by atoms with van der Waals surface area (Å²) in [6.07, 6.45) is 0.546. The number of carbonyl (C=O) groups is 1. The predicted octanol–water partition coefficient (Wildman–Crippen LogP) is -0.257. The van der Waals surface area contributed by atoms with E-state index in [0.717, 1.165) is 5.56 Å². The predicted molar refractivity (Wildman–Crippen MR) is 77.5 cm³/mol. The standard InChI is InChI=1S/C13H19N3O3S/c14-11-3-1-10(2-4-11)7-16(8-13(15)17)12-5-6-20(18,19)9-12/h1-4,12H,5-9,14H2,(H2,15,17). The maximum absolute atomic E-state index is 11.6. The Kier molecular flexibility index (Phi) is 4.29. The van der Waals surface area contributed by atoms with Crippen LogP contribution < -0.4 is 11.5 Å². The molecule has 0 radical (unpaired) electrons. The van der Waals surface area contributed by atoms with E-state index < -0.39 is 15.7 Å². The molecule has 2 rings (SSSR count). The number of nitrogens with zero attached hydrogens (tertiary/aromatic N) is 1. The average molecular weight is 297 g/mol. The molecule has 1 saturated heterocycles. The maximum Gasteiger partial charge on any atom is 0.231 e. The van der Waals surface area contributed by atoms with Gasteiger partial charge in [0.15, 0.2) is 9.84 Å². The fourth-order valence-corrected chi connectivity index (χ4v) is 4.20. The number of benzene rings is 1. The van der Waals surface area contributed by atoms with Gasteiger partial charge >= 0.3 is 0 Å². The second kappa shape index (κ2) is 5.80. The zero-order valence-electron chi connectivity index (χ0n) is 11.2. The van der Waals surface area contributed by atoms with Gasteiger partial charge in [0, 0.05) is 18.3 Å². The van der Waals surface area contributed by atoms with Crippen LogP contribution in [0.3, 0.4) is 0 Å². The van der Waals surface area contributed by atoms with Crippen molar-refractivity contribution in [1.29, 1.82) is 0 Å². The molecule has 6 nitrogen and oxygen atoms in total. The highest BCUT2D eigenvalue weighted by Gasteiger charge is 2.32. The first-order chi connectivity index (χ1) is 9.35. The summed E-state index contributed by atoms with van der Waals surface area (Å²) in [4.78, 5) is 13.0. The van der Waals surface area contributed by atoms with E-state index in [-0.39, 0.29) is 24.1 Å². The Balaban J connectivity index is 2.11. The van der Waals surface area contributed by atoms with Gasteiger partial charge in [0.1, 0.15) is 0 Å². The van der Waals surface area contributed by atoms with E-state index in [0.29, 0.717) is 18.7 Å². The number of nitrogens with two attached hydrogens (primary N) is 2.